The molecule has 3 rings (SSSR count). The zero-order valence-corrected chi connectivity index (χ0v) is 12.4. The summed E-state index contributed by atoms with van der Waals surface area (Å²) in [6, 6.07) is 5.17. The molecule has 2 heterocycles. The first kappa shape index (κ1) is 14.6. The normalized spacial score (nSPS) is 18.4. The number of urea groups is 1. The van der Waals surface area contributed by atoms with Gasteiger partial charge in [-0.15, -0.1) is 0 Å². The van der Waals surface area contributed by atoms with E-state index in [1.165, 1.54) is 4.90 Å². The van der Waals surface area contributed by atoms with Crippen LogP contribution in [0.3, 0.4) is 0 Å². The molecule has 0 aromatic heterocycles. The molecule has 0 spiro atoms. The molecule has 0 radical (unpaired) electrons. The van der Waals surface area contributed by atoms with Gasteiger partial charge >= 0.3 is 6.03 Å². The summed E-state index contributed by atoms with van der Waals surface area (Å²) in [5, 5.41) is 5.73. The topological polar surface area (TPSA) is 79.9 Å². The van der Waals surface area contributed by atoms with Gasteiger partial charge in [-0.1, -0.05) is 6.07 Å². The number of nitrogens with one attached hydrogen (secondary N) is 2. The molecule has 22 heavy (non-hydrogen) atoms. The molecule has 0 atom stereocenters. The minimum Gasteiger partial charge on any atom is -0.479 e. The summed E-state index contributed by atoms with van der Waals surface area (Å²) in [7, 11) is 1.69. The average Bonchev–Trinajstić information content (AvgIpc) is 2.52. The van der Waals surface area contributed by atoms with E-state index in [2.05, 4.69) is 10.6 Å². The van der Waals surface area contributed by atoms with Gasteiger partial charge in [0.1, 0.15) is 0 Å². The van der Waals surface area contributed by atoms with Crippen LogP contribution in [-0.4, -0.2) is 44.8 Å². The molecule has 2 aliphatic heterocycles. The van der Waals surface area contributed by atoms with Gasteiger partial charge in [-0.2, -0.15) is 0 Å². The second-order valence-electron chi connectivity index (χ2n) is 5.38. The molecule has 0 aliphatic carbocycles. The number of ether oxygens (including phenoxy) is 2. The summed E-state index contributed by atoms with van der Waals surface area (Å²) in [6.45, 7) is 1.31. The Bertz CT molecular complexity index is 584. The van der Waals surface area contributed by atoms with Gasteiger partial charge in [0, 0.05) is 26.3 Å². The van der Waals surface area contributed by atoms with E-state index in [0.29, 0.717) is 30.3 Å². The maximum absolute atomic E-state index is 12.1. The van der Waals surface area contributed by atoms with Crippen LogP contribution < -0.4 is 20.3 Å². The van der Waals surface area contributed by atoms with Crippen molar-refractivity contribution in [3.8, 4) is 5.75 Å². The maximum Gasteiger partial charge on any atom is 0.319 e. The average molecular weight is 305 g/mol. The van der Waals surface area contributed by atoms with Gasteiger partial charge in [0.05, 0.1) is 11.4 Å². The van der Waals surface area contributed by atoms with Crippen molar-refractivity contribution >= 4 is 23.3 Å². The largest absolute Gasteiger partial charge is 0.479 e. The molecular weight excluding hydrogens is 286 g/mol. The zero-order valence-electron chi connectivity index (χ0n) is 12.4. The number of para-hydroxylation sites is 1. The van der Waals surface area contributed by atoms with Crippen LogP contribution in [0, 0.1) is 0 Å². The minimum atomic E-state index is -0.275. The van der Waals surface area contributed by atoms with Crippen molar-refractivity contribution in [1.82, 2.24) is 5.32 Å². The van der Waals surface area contributed by atoms with Crippen LogP contribution in [-0.2, 0) is 9.53 Å². The molecule has 118 valence electrons. The number of amides is 3. The lowest BCUT2D eigenvalue weighted by molar-refractivity contribution is -0.120. The highest BCUT2D eigenvalue weighted by Crippen LogP contribution is 2.37. The Morgan fingerprint density at radius 1 is 1.32 bits per heavy atom. The quantitative estimate of drug-likeness (QED) is 0.864. The van der Waals surface area contributed by atoms with E-state index in [1.807, 2.05) is 0 Å². The van der Waals surface area contributed by atoms with Crippen molar-refractivity contribution in [2.24, 2.45) is 0 Å². The Labute approximate surface area is 128 Å². The number of fused-ring (bicyclic) bond motifs is 1. The number of nitrogens with zero attached hydrogens (tertiary/aromatic N) is 1. The lowest BCUT2D eigenvalue weighted by atomic mass is 10.1. The molecule has 3 amide bonds. The maximum atomic E-state index is 12.1. The van der Waals surface area contributed by atoms with E-state index in [0.717, 1.165) is 12.8 Å². The fraction of sp³-hybridized carbons (Fsp3) is 0.467. The Morgan fingerprint density at radius 3 is 2.86 bits per heavy atom. The molecule has 0 saturated carbocycles. The van der Waals surface area contributed by atoms with Crippen molar-refractivity contribution < 1.29 is 19.1 Å². The number of benzene rings is 1. The number of likely N-dealkylation sites (N-methyl/N-ethyl adjacent to an activating group) is 1. The number of hydrogen-bond donors (Lipinski definition) is 2. The molecule has 7 heteroatoms. The Balaban J connectivity index is 1.70. The van der Waals surface area contributed by atoms with Gasteiger partial charge in [0.15, 0.2) is 12.4 Å². The monoisotopic (exact) mass is 305 g/mol. The summed E-state index contributed by atoms with van der Waals surface area (Å²) in [5.74, 6) is 0.406. The third-order valence-electron chi connectivity index (χ3n) is 3.87. The summed E-state index contributed by atoms with van der Waals surface area (Å²) < 4.78 is 10.7. The lowest BCUT2D eigenvalue weighted by Crippen LogP contribution is -2.41. The van der Waals surface area contributed by atoms with Crippen molar-refractivity contribution in [2.75, 3.05) is 37.1 Å². The van der Waals surface area contributed by atoms with Crippen LogP contribution >= 0.6 is 0 Å². The first-order valence-corrected chi connectivity index (χ1v) is 7.33. The van der Waals surface area contributed by atoms with Gasteiger partial charge in [0.25, 0.3) is 5.91 Å². The van der Waals surface area contributed by atoms with E-state index in [4.69, 9.17) is 9.47 Å². The number of carbonyl (C=O) groups excluding carboxylic acids is 2. The molecule has 7 nitrogen and oxygen atoms in total. The van der Waals surface area contributed by atoms with E-state index >= 15 is 0 Å². The van der Waals surface area contributed by atoms with E-state index in [1.54, 1.807) is 25.2 Å². The van der Waals surface area contributed by atoms with Gasteiger partial charge < -0.3 is 25.0 Å². The standard InChI is InChI=1S/C15H19N3O4/c1-18-12-4-2-3-11(14(12)22-9-13(18)19)17-15(20)16-10-5-7-21-8-6-10/h2-4,10H,5-9H2,1H3,(H2,16,17,20). The smallest absolute Gasteiger partial charge is 0.319 e. The second-order valence-corrected chi connectivity index (χ2v) is 5.38. The molecule has 0 bridgehead atoms. The van der Waals surface area contributed by atoms with Gasteiger partial charge in [-0.3, -0.25) is 4.79 Å². The van der Waals surface area contributed by atoms with Crippen molar-refractivity contribution in [3.63, 3.8) is 0 Å². The fourth-order valence-electron chi connectivity index (χ4n) is 2.59. The van der Waals surface area contributed by atoms with Gasteiger partial charge in [-0.05, 0) is 25.0 Å². The second kappa shape index (κ2) is 6.23. The molecule has 1 fully saturated rings. The van der Waals surface area contributed by atoms with E-state index < -0.39 is 0 Å². The summed E-state index contributed by atoms with van der Waals surface area (Å²) in [5.41, 5.74) is 1.21. The Morgan fingerprint density at radius 2 is 2.09 bits per heavy atom. The molecular formula is C15H19N3O4. The van der Waals surface area contributed by atoms with Crippen molar-refractivity contribution in [3.05, 3.63) is 18.2 Å². The number of hydrogen-bond acceptors (Lipinski definition) is 4. The summed E-state index contributed by atoms with van der Waals surface area (Å²) in [6.07, 6.45) is 1.63. The third kappa shape index (κ3) is 2.99. The molecule has 1 saturated heterocycles. The minimum absolute atomic E-state index is 0.0240. The third-order valence-corrected chi connectivity index (χ3v) is 3.87. The highest BCUT2D eigenvalue weighted by molar-refractivity contribution is 6.00. The highest BCUT2D eigenvalue weighted by Gasteiger charge is 2.25. The van der Waals surface area contributed by atoms with Gasteiger partial charge in [0.2, 0.25) is 0 Å². The van der Waals surface area contributed by atoms with E-state index in [-0.39, 0.29) is 24.6 Å². The zero-order chi connectivity index (χ0) is 15.5. The number of rotatable bonds is 2. The van der Waals surface area contributed by atoms with Crippen molar-refractivity contribution in [1.29, 1.82) is 0 Å². The Hall–Kier alpha value is -2.28. The number of anilines is 2. The van der Waals surface area contributed by atoms with Crippen LogP contribution in [0.1, 0.15) is 12.8 Å². The molecule has 1 aromatic rings. The van der Waals surface area contributed by atoms with Crippen LogP contribution in [0.5, 0.6) is 5.75 Å². The van der Waals surface area contributed by atoms with Gasteiger partial charge in [-0.25, -0.2) is 4.79 Å². The fourth-order valence-corrected chi connectivity index (χ4v) is 2.59. The molecule has 2 aliphatic rings. The predicted molar refractivity (Wildman–Crippen MR) is 81.3 cm³/mol. The molecule has 0 unspecified atom stereocenters. The summed E-state index contributed by atoms with van der Waals surface area (Å²) >= 11 is 0. The Kier molecular flexibility index (Phi) is 4.15. The molecule has 1 aromatic carbocycles. The lowest BCUT2D eigenvalue weighted by Gasteiger charge is -2.28. The first-order chi connectivity index (χ1) is 10.6. The molecule has 2 N–H and O–H groups in total. The van der Waals surface area contributed by atoms with Crippen LogP contribution in [0.25, 0.3) is 0 Å². The van der Waals surface area contributed by atoms with Crippen LogP contribution in [0.2, 0.25) is 0 Å². The SMILES string of the molecule is CN1C(=O)COc2c(NC(=O)NC3CCOCC3)cccc21. The number of carbonyl (C=O) groups is 2. The van der Waals surface area contributed by atoms with E-state index in [9.17, 15) is 9.59 Å². The van der Waals surface area contributed by atoms with Crippen molar-refractivity contribution in [2.45, 2.75) is 18.9 Å². The van der Waals surface area contributed by atoms with Crippen LogP contribution in [0.15, 0.2) is 18.2 Å². The summed E-state index contributed by atoms with van der Waals surface area (Å²) in [4.78, 5) is 25.3. The highest BCUT2D eigenvalue weighted by atomic mass is 16.5. The predicted octanol–water partition coefficient (Wildman–Crippen LogP) is 1.34. The van der Waals surface area contributed by atoms with Crippen LogP contribution in [0.4, 0.5) is 16.2 Å². The first-order valence-electron chi connectivity index (χ1n) is 7.33.